The Morgan fingerprint density at radius 2 is 1.89 bits per heavy atom. The molecule has 5 nitrogen and oxygen atoms in total. The Hall–Kier alpha value is -1.56. The molecule has 1 amide bonds. The number of benzene rings is 1. The van der Waals surface area contributed by atoms with Crippen molar-refractivity contribution >= 4 is 21.4 Å². The average Bonchev–Trinajstić information content (AvgIpc) is 3.12. The Morgan fingerprint density at radius 3 is 2.42 bits per heavy atom. The smallest absolute Gasteiger partial charge is 0.221 e. The van der Waals surface area contributed by atoms with Gasteiger partial charge >= 0.3 is 0 Å². The molecule has 1 aliphatic carbocycles. The fourth-order valence-corrected chi connectivity index (χ4v) is 2.30. The van der Waals surface area contributed by atoms with Gasteiger partial charge in [-0.25, -0.2) is 8.42 Å². The SMILES string of the molecule is CS(=O)(=O)c1ccc(NCCC(=O)NC2CC2)cc1. The second-order valence-corrected chi connectivity index (χ2v) is 6.83. The summed E-state index contributed by atoms with van der Waals surface area (Å²) < 4.78 is 22.6. The summed E-state index contributed by atoms with van der Waals surface area (Å²) in [4.78, 5) is 11.7. The Balaban J connectivity index is 1.78. The van der Waals surface area contributed by atoms with Gasteiger partial charge in [-0.2, -0.15) is 0 Å². The molecule has 0 spiro atoms. The van der Waals surface area contributed by atoms with Gasteiger partial charge in [0.2, 0.25) is 5.91 Å². The zero-order valence-electron chi connectivity index (χ0n) is 10.8. The first-order valence-corrected chi connectivity index (χ1v) is 8.17. The van der Waals surface area contributed by atoms with E-state index in [0.717, 1.165) is 18.5 Å². The lowest BCUT2D eigenvalue weighted by Gasteiger charge is -2.07. The van der Waals surface area contributed by atoms with Crippen LogP contribution in [-0.2, 0) is 14.6 Å². The minimum atomic E-state index is -3.15. The molecule has 0 aliphatic heterocycles. The van der Waals surface area contributed by atoms with Crippen molar-refractivity contribution in [1.82, 2.24) is 5.32 Å². The standard InChI is InChI=1S/C13H18N2O3S/c1-19(17,18)12-6-4-10(5-7-12)14-9-8-13(16)15-11-2-3-11/h4-7,11,14H,2-3,8-9H2,1H3,(H,15,16). The van der Waals surface area contributed by atoms with E-state index in [4.69, 9.17) is 0 Å². The summed E-state index contributed by atoms with van der Waals surface area (Å²) in [5.74, 6) is 0.0581. The maximum atomic E-state index is 11.4. The van der Waals surface area contributed by atoms with Gasteiger partial charge in [0.15, 0.2) is 9.84 Å². The quantitative estimate of drug-likeness (QED) is 0.821. The topological polar surface area (TPSA) is 75.3 Å². The number of rotatable bonds is 6. The highest BCUT2D eigenvalue weighted by Crippen LogP contribution is 2.18. The van der Waals surface area contributed by atoms with E-state index in [9.17, 15) is 13.2 Å². The molecule has 1 aromatic carbocycles. The fourth-order valence-electron chi connectivity index (χ4n) is 1.67. The first-order chi connectivity index (χ1) is 8.95. The van der Waals surface area contributed by atoms with Gasteiger partial charge in [-0.3, -0.25) is 4.79 Å². The molecule has 0 heterocycles. The molecule has 104 valence electrons. The van der Waals surface area contributed by atoms with Gasteiger partial charge in [0, 0.05) is 31.0 Å². The Morgan fingerprint density at radius 1 is 1.26 bits per heavy atom. The van der Waals surface area contributed by atoms with Crippen molar-refractivity contribution in [2.75, 3.05) is 18.1 Å². The fraction of sp³-hybridized carbons (Fsp3) is 0.462. The molecule has 1 saturated carbocycles. The highest BCUT2D eigenvalue weighted by Gasteiger charge is 2.22. The lowest BCUT2D eigenvalue weighted by Crippen LogP contribution is -2.27. The van der Waals surface area contributed by atoms with Crippen LogP contribution in [0, 0.1) is 0 Å². The number of sulfone groups is 1. The minimum Gasteiger partial charge on any atom is -0.385 e. The van der Waals surface area contributed by atoms with E-state index in [1.54, 1.807) is 24.3 Å². The summed E-state index contributed by atoms with van der Waals surface area (Å²) in [7, 11) is -3.15. The molecule has 0 radical (unpaired) electrons. The van der Waals surface area contributed by atoms with E-state index in [0.29, 0.717) is 23.9 Å². The highest BCUT2D eigenvalue weighted by atomic mass is 32.2. The van der Waals surface area contributed by atoms with Gasteiger partial charge in [0.05, 0.1) is 4.90 Å². The molecule has 1 aromatic rings. The number of amides is 1. The predicted molar refractivity (Wildman–Crippen MR) is 73.8 cm³/mol. The van der Waals surface area contributed by atoms with E-state index >= 15 is 0 Å². The number of anilines is 1. The van der Waals surface area contributed by atoms with Crippen LogP contribution in [0.1, 0.15) is 19.3 Å². The number of carbonyl (C=O) groups is 1. The van der Waals surface area contributed by atoms with Gasteiger partial charge in [0.1, 0.15) is 0 Å². The zero-order chi connectivity index (χ0) is 13.9. The molecule has 0 atom stereocenters. The van der Waals surface area contributed by atoms with Gasteiger partial charge < -0.3 is 10.6 Å². The van der Waals surface area contributed by atoms with E-state index in [-0.39, 0.29) is 5.91 Å². The lowest BCUT2D eigenvalue weighted by molar-refractivity contribution is -0.120. The first-order valence-electron chi connectivity index (χ1n) is 6.28. The molecule has 0 saturated heterocycles. The molecule has 6 heteroatoms. The van der Waals surface area contributed by atoms with Crippen LogP contribution in [0.4, 0.5) is 5.69 Å². The summed E-state index contributed by atoms with van der Waals surface area (Å²) in [5.41, 5.74) is 0.812. The van der Waals surface area contributed by atoms with Crippen LogP contribution in [0.15, 0.2) is 29.2 Å². The van der Waals surface area contributed by atoms with Gasteiger partial charge in [-0.15, -0.1) is 0 Å². The summed E-state index contributed by atoms with van der Waals surface area (Å²) in [6, 6.07) is 6.91. The third kappa shape index (κ3) is 4.55. The second kappa shape index (κ2) is 5.61. The largest absolute Gasteiger partial charge is 0.385 e. The monoisotopic (exact) mass is 282 g/mol. The highest BCUT2D eigenvalue weighted by molar-refractivity contribution is 7.90. The van der Waals surface area contributed by atoms with E-state index in [1.807, 2.05) is 0 Å². The van der Waals surface area contributed by atoms with Crippen molar-refractivity contribution in [1.29, 1.82) is 0 Å². The van der Waals surface area contributed by atoms with Crippen molar-refractivity contribution in [2.24, 2.45) is 0 Å². The number of hydrogen-bond acceptors (Lipinski definition) is 4. The van der Waals surface area contributed by atoms with Crippen molar-refractivity contribution in [3.63, 3.8) is 0 Å². The molecule has 1 aliphatic rings. The minimum absolute atomic E-state index is 0.0581. The molecule has 2 N–H and O–H groups in total. The van der Waals surface area contributed by atoms with Crippen LogP contribution in [0.25, 0.3) is 0 Å². The summed E-state index contributed by atoms with van der Waals surface area (Å²) >= 11 is 0. The van der Waals surface area contributed by atoms with E-state index in [1.165, 1.54) is 6.26 Å². The second-order valence-electron chi connectivity index (χ2n) is 4.82. The molecule has 0 aromatic heterocycles. The van der Waals surface area contributed by atoms with Crippen LogP contribution < -0.4 is 10.6 Å². The molecule has 0 unspecified atom stereocenters. The van der Waals surface area contributed by atoms with Crippen molar-refractivity contribution in [2.45, 2.75) is 30.2 Å². The zero-order valence-corrected chi connectivity index (χ0v) is 11.7. The van der Waals surface area contributed by atoms with Crippen LogP contribution in [0.5, 0.6) is 0 Å². The lowest BCUT2D eigenvalue weighted by atomic mass is 10.3. The average molecular weight is 282 g/mol. The number of nitrogens with one attached hydrogen (secondary N) is 2. The van der Waals surface area contributed by atoms with Gasteiger partial charge in [-0.1, -0.05) is 0 Å². The van der Waals surface area contributed by atoms with Crippen LogP contribution in [0.2, 0.25) is 0 Å². The molecule has 19 heavy (non-hydrogen) atoms. The van der Waals surface area contributed by atoms with Gasteiger partial charge in [-0.05, 0) is 37.1 Å². The maximum absolute atomic E-state index is 11.4. The number of hydrogen-bond donors (Lipinski definition) is 2. The van der Waals surface area contributed by atoms with Crippen LogP contribution in [-0.4, -0.2) is 33.2 Å². The van der Waals surface area contributed by atoms with Crippen LogP contribution >= 0.6 is 0 Å². The summed E-state index contributed by atoms with van der Waals surface area (Å²) in [6.07, 6.45) is 3.78. The maximum Gasteiger partial charge on any atom is 0.221 e. The normalized spacial score (nSPS) is 15.0. The third-order valence-electron chi connectivity index (χ3n) is 2.91. The van der Waals surface area contributed by atoms with E-state index in [2.05, 4.69) is 10.6 Å². The van der Waals surface area contributed by atoms with Crippen molar-refractivity contribution in [3.05, 3.63) is 24.3 Å². The molecular formula is C13H18N2O3S. The Kier molecular flexibility index (Phi) is 4.09. The summed E-state index contributed by atoms with van der Waals surface area (Å²) in [5, 5.41) is 6.00. The molecule has 1 fully saturated rings. The molecular weight excluding hydrogens is 264 g/mol. The predicted octanol–water partition coefficient (Wildman–Crippen LogP) is 1.17. The summed E-state index contributed by atoms with van der Waals surface area (Å²) in [6.45, 7) is 0.538. The third-order valence-corrected chi connectivity index (χ3v) is 4.03. The van der Waals surface area contributed by atoms with Crippen LogP contribution in [0.3, 0.4) is 0 Å². The van der Waals surface area contributed by atoms with Gasteiger partial charge in [0.25, 0.3) is 0 Å². The Bertz CT molecular complexity index is 548. The molecule has 0 bridgehead atoms. The molecule has 2 rings (SSSR count). The van der Waals surface area contributed by atoms with Crippen molar-refractivity contribution in [3.8, 4) is 0 Å². The first kappa shape index (κ1) is 13.9. The number of carbonyl (C=O) groups excluding carboxylic acids is 1. The van der Waals surface area contributed by atoms with Crippen molar-refractivity contribution < 1.29 is 13.2 Å². The van der Waals surface area contributed by atoms with E-state index < -0.39 is 9.84 Å². The Labute approximate surface area is 113 Å².